The van der Waals surface area contributed by atoms with Gasteiger partial charge >= 0.3 is 0 Å². The van der Waals surface area contributed by atoms with E-state index in [4.69, 9.17) is 5.73 Å². The fourth-order valence-electron chi connectivity index (χ4n) is 2.66. The number of carbonyl (C=O) groups excluding carboxylic acids is 1. The summed E-state index contributed by atoms with van der Waals surface area (Å²) in [5.41, 5.74) is 9.95. The maximum Gasteiger partial charge on any atom is 0.223 e. The molecule has 0 fully saturated rings. The van der Waals surface area contributed by atoms with Gasteiger partial charge in [0, 0.05) is 50.4 Å². The van der Waals surface area contributed by atoms with Gasteiger partial charge in [0.2, 0.25) is 5.91 Å². The molecular formula is C18H21N5O. The molecule has 0 saturated heterocycles. The monoisotopic (exact) mass is 323 g/mol. The second kappa shape index (κ2) is 6.70. The third kappa shape index (κ3) is 3.37. The lowest BCUT2D eigenvalue weighted by Gasteiger charge is -2.13. The van der Waals surface area contributed by atoms with Crippen LogP contribution in [0.3, 0.4) is 0 Å². The van der Waals surface area contributed by atoms with Gasteiger partial charge in [0.15, 0.2) is 0 Å². The average molecular weight is 323 g/mol. The SMILES string of the molecule is CN(C)C(=O)CCNc1cc(N)nc2cc(C3=CC=NC3)ccc12. The first kappa shape index (κ1) is 16.0. The molecule has 1 aromatic carbocycles. The Balaban J connectivity index is 1.84. The number of pyridine rings is 1. The first-order chi connectivity index (χ1) is 11.5. The van der Waals surface area contributed by atoms with Crippen LogP contribution in [0.5, 0.6) is 0 Å². The number of nitrogens with zero attached hydrogens (tertiary/aromatic N) is 3. The number of amides is 1. The van der Waals surface area contributed by atoms with E-state index in [0.29, 0.717) is 25.3 Å². The number of allylic oxidation sites excluding steroid dienone is 1. The summed E-state index contributed by atoms with van der Waals surface area (Å²) >= 11 is 0. The largest absolute Gasteiger partial charge is 0.384 e. The van der Waals surface area contributed by atoms with E-state index in [1.807, 2.05) is 24.4 Å². The molecule has 0 saturated carbocycles. The number of aliphatic imine (C=N–C) groups is 1. The van der Waals surface area contributed by atoms with Crippen molar-refractivity contribution in [3.05, 3.63) is 35.9 Å². The van der Waals surface area contributed by atoms with Crippen molar-refractivity contribution in [3.8, 4) is 0 Å². The first-order valence-corrected chi connectivity index (χ1v) is 7.88. The molecule has 1 aliphatic heterocycles. The summed E-state index contributed by atoms with van der Waals surface area (Å²) in [6.07, 6.45) is 4.26. The van der Waals surface area contributed by atoms with Crippen LogP contribution in [0.2, 0.25) is 0 Å². The highest BCUT2D eigenvalue weighted by Gasteiger charge is 2.10. The molecule has 2 aromatic rings. The summed E-state index contributed by atoms with van der Waals surface area (Å²) in [6, 6.07) is 7.94. The van der Waals surface area contributed by atoms with Crippen LogP contribution in [0, 0.1) is 0 Å². The van der Waals surface area contributed by atoms with Crippen LogP contribution < -0.4 is 11.1 Å². The van der Waals surface area contributed by atoms with Crippen molar-refractivity contribution in [1.29, 1.82) is 0 Å². The molecule has 124 valence electrons. The Kier molecular flexibility index (Phi) is 4.46. The molecule has 3 N–H and O–H groups in total. The lowest BCUT2D eigenvalue weighted by molar-refractivity contribution is -0.128. The lowest BCUT2D eigenvalue weighted by Crippen LogP contribution is -2.23. The molecule has 0 atom stereocenters. The van der Waals surface area contributed by atoms with Crippen LogP contribution in [0.25, 0.3) is 16.5 Å². The van der Waals surface area contributed by atoms with Gasteiger partial charge in [-0.05, 0) is 23.3 Å². The second-order valence-corrected chi connectivity index (χ2v) is 5.97. The Labute approximate surface area is 141 Å². The van der Waals surface area contributed by atoms with Crippen molar-refractivity contribution >= 4 is 40.1 Å². The van der Waals surface area contributed by atoms with E-state index in [0.717, 1.165) is 22.2 Å². The number of anilines is 2. The number of rotatable bonds is 5. The zero-order chi connectivity index (χ0) is 17.1. The van der Waals surface area contributed by atoms with Crippen LogP contribution in [-0.4, -0.2) is 49.2 Å². The van der Waals surface area contributed by atoms with E-state index in [1.165, 1.54) is 5.57 Å². The predicted octanol–water partition coefficient (Wildman–Crippen LogP) is 2.17. The Hall–Kier alpha value is -2.89. The summed E-state index contributed by atoms with van der Waals surface area (Å²) in [5, 5.41) is 4.29. The van der Waals surface area contributed by atoms with Gasteiger partial charge in [0.1, 0.15) is 5.82 Å². The number of benzene rings is 1. The fraction of sp³-hybridized carbons (Fsp3) is 0.278. The summed E-state index contributed by atoms with van der Waals surface area (Å²) in [7, 11) is 3.51. The minimum Gasteiger partial charge on any atom is -0.384 e. The summed E-state index contributed by atoms with van der Waals surface area (Å²) in [5.74, 6) is 0.544. The van der Waals surface area contributed by atoms with E-state index in [-0.39, 0.29) is 5.91 Å². The van der Waals surface area contributed by atoms with Gasteiger partial charge < -0.3 is 16.0 Å². The van der Waals surface area contributed by atoms with Crippen LogP contribution in [0.4, 0.5) is 11.5 Å². The van der Waals surface area contributed by atoms with Crippen LogP contribution in [0.15, 0.2) is 35.3 Å². The van der Waals surface area contributed by atoms with E-state index < -0.39 is 0 Å². The standard InChI is InChI=1S/C18H21N5O/c1-23(2)18(24)6-8-21-15-10-17(19)22-16-9-12(3-4-14(15)16)13-5-7-20-11-13/h3-5,7,9-10H,6,8,11H2,1-2H3,(H3,19,21,22). The summed E-state index contributed by atoms with van der Waals surface area (Å²) in [4.78, 5) is 21.9. The number of nitrogens with two attached hydrogens (primary N) is 1. The minimum atomic E-state index is 0.0873. The molecular weight excluding hydrogens is 302 g/mol. The van der Waals surface area contributed by atoms with Crippen molar-refractivity contribution < 1.29 is 4.79 Å². The highest BCUT2D eigenvalue weighted by Crippen LogP contribution is 2.28. The molecule has 0 radical (unpaired) electrons. The highest BCUT2D eigenvalue weighted by atomic mass is 16.2. The van der Waals surface area contributed by atoms with Crippen LogP contribution in [0.1, 0.15) is 12.0 Å². The minimum absolute atomic E-state index is 0.0873. The van der Waals surface area contributed by atoms with E-state index in [9.17, 15) is 4.79 Å². The number of nitrogen functional groups attached to an aromatic ring is 1. The number of fused-ring (bicyclic) bond motifs is 1. The molecule has 1 aromatic heterocycles. The number of nitrogens with one attached hydrogen (secondary N) is 1. The normalized spacial score (nSPS) is 13.2. The number of hydrogen-bond acceptors (Lipinski definition) is 5. The third-order valence-electron chi connectivity index (χ3n) is 4.00. The number of aromatic nitrogens is 1. The second-order valence-electron chi connectivity index (χ2n) is 5.97. The van der Waals surface area contributed by atoms with Crippen molar-refractivity contribution in [2.45, 2.75) is 6.42 Å². The van der Waals surface area contributed by atoms with Gasteiger partial charge in [-0.2, -0.15) is 0 Å². The molecule has 3 rings (SSSR count). The van der Waals surface area contributed by atoms with Gasteiger partial charge in [0.25, 0.3) is 0 Å². The molecule has 2 heterocycles. The smallest absolute Gasteiger partial charge is 0.223 e. The Bertz CT molecular complexity index is 839. The van der Waals surface area contributed by atoms with E-state index >= 15 is 0 Å². The maximum atomic E-state index is 11.7. The van der Waals surface area contributed by atoms with E-state index in [1.54, 1.807) is 25.1 Å². The highest BCUT2D eigenvalue weighted by molar-refractivity contribution is 5.97. The molecule has 6 heteroatoms. The molecule has 0 spiro atoms. The van der Waals surface area contributed by atoms with Crippen LogP contribution >= 0.6 is 0 Å². The summed E-state index contributed by atoms with van der Waals surface area (Å²) < 4.78 is 0. The van der Waals surface area contributed by atoms with Gasteiger partial charge in [-0.25, -0.2) is 4.98 Å². The average Bonchev–Trinajstić information content (AvgIpc) is 3.08. The summed E-state index contributed by atoms with van der Waals surface area (Å²) in [6.45, 7) is 1.25. The quantitative estimate of drug-likeness (QED) is 0.883. The molecule has 24 heavy (non-hydrogen) atoms. The van der Waals surface area contributed by atoms with Crippen molar-refractivity contribution in [2.24, 2.45) is 4.99 Å². The Morgan fingerprint density at radius 3 is 2.88 bits per heavy atom. The molecule has 1 aliphatic rings. The molecule has 6 nitrogen and oxygen atoms in total. The third-order valence-corrected chi connectivity index (χ3v) is 4.00. The number of hydrogen-bond donors (Lipinski definition) is 2. The van der Waals surface area contributed by atoms with Crippen LogP contribution in [-0.2, 0) is 4.79 Å². The predicted molar refractivity (Wildman–Crippen MR) is 99.3 cm³/mol. The molecule has 0 aliphatic carbocycles. The van der Waals surface area contributed by atoms with Crippen molar-refractivity contribution in [3.63, 3.8) is 0 Å². The Morgan fingerprint density at radius 1 is 1.33 bits per heavy atom. The Morgan fingerprint density at radius 2 is 2.17 bits per heavy atom. The molecule has 0 unspecified atom stereocenters. The van der Waals surface area contributed by atoms with Gasteiger partial charge in [-0.15, -0.1) is 0 Å². The van der Waals surface area contributed by atoms with Crippen molar-refractivity contribution in [2.75, 3.05) is 38.2 Å². The van der Waals surface area contributed by atoms with E-state index in [2.05, 4.69) is 21.4 Å². The van der Waals surface area contributed by atoms with Gasteiger partial charge in [-0.1, -0.05) is 12.1 Å². The zero-order valence-corrected chi connectivity index (χ0v) is 13.9. The molecule has 0 bridgehead atoms. The first-order valence-electron chi connectivity index (χ1n) is 7.88. The van der Waals surface area contributed by atoms with Gasteiger partial charge in [-0.3, -0.25) is 9.79 Å². The zero-order valence-electron chi connectivity index (χ0n) is 13.9. The fourth-order valence-corrected chi connectivity index (χ4v) is 2.66. The van der Waals surface area contributed by atoms with Gasteiger partial charge in [0.05, 0.1) is 12.1 Å². The van der Waals surface area contributed by atoms with Crippen molar-refractivity contribution in [1.82, 2.24) is 9.88 Å². The number of carbonyl (C=O) groups is 1. The molecule has 1 amide bonds. The topological polar surface area (TPSA) is 83.6 Å². The maximum absolute atomic E-state index is 11.7. The lowest BCUT2D eigenvalue weighted by atomic mass is 10.0.